The molecule has 0 aliphatic heterocycles. The van der Waals surface area contributed by atoms with Crippen LogP contribution in [0.25, 0.3) is 0 Å². The SMILES string of the molecule is CCC/C=C\C/C=C\CCCCCCCC(=O)OCC(COC(=O)CCCCCCCCCCCCCCCCCCCCCCCCCCCCC)OC(=O)CCCCCCC/C=C\C/C=C\CCCC. The predicted octanol–water partition coefficient (Wildman–Crippen LogP) is 21.4. The van der Waals surface area contributed by atoms with E-state index in [-0.39, 0.29) is 31.1 Å². The van der Waals surface area contributed by atoms with Crippen LogP contribution >= 0.6 is 0 Å². The van der Waals surface area contributed by atoms with E-state index in [1.165, 1.54) is 186 Å². The highest BCUT2D eigenvalue weighted by Crippen LogP contribution is 2.18. The Labute approximate surface area is 448 Å². The highest BCUT2D eigenvalue weighted by Gasteiger charge is 2.19. The lowest BCUT2D eigenvalue weighted by Crippen LogP contribution is -2.30. The molecule has 0 N–H and O–H groups in total. The van der Waals surface area contributed by atoms with Crippen molar-refractivity contribution in [3.63, 3.8) is 0 Å². The van der Waals surface area contributed by atoms with Crippen molar-refractivity contribution in [2.45, 2.75) is 341 Å². The molecule has 0 saturated carbocycles. The summed E-state index contributed by atoms with van der Waals surface area (Å²) in [4.78, 5) is 38.2. The van der Waals surface area contributed by atoms with Gasteiger partial charge < -0.3 is 14.2 Å². The maximum absolute atomic E-state index is 12.8. The van der Waals surface area contributed by atoms with Crippen molar-refractivity contribution in [3.8, 4) is 0 Å². The molecular weight excluding hydrogens is 889 g/mol. The summed E-state index contributed by atoms with van der Waals surface area (Å²) in [5.74, 6) is -0.893. The van der Waals surface area contributed by atoms with Gasteiger partial charge in [-0.05, 0) is 70.6 Å². The van der Waals surface area contributed by atoms with Gasteiger partial charge in [-0.25, -0.2) is 0 Å². The zero-order valence-corrected chi connectivity index (χ0v) is 48.2. The third kappa shape index (κ3) is 58.3. The molecule has 0 saturated heterocycles. The molecule has 0 rings (SSSR count). The second-order valence-corrected chi connectivity index (χ2v) is 21.3. The van der Waals surface area contributed by atoms with Gasteiger partial charge in [0.1, 0.15) is 13.2 Å². The number of ether oxygens (including phenoxy) is 3. The number of carbonyl (C=O) groups excluding carboxylic acids is 3. The molecule has 0 amide bonds. The summed E-state index contributed by atoms with van der Waals surface area (Å²) in [5, 5.41) is 0. The Bertz CT molecular complexity index is 1250. The summed E-state index contributed by atoms with van der Waals surface area (Å²) in [6, 6.07) is 0. The fraction of sp³-hybridized carbons (Fsp3) is 0.833. The minimum Gasteiger partial charge on any atom is -0.462 e. The average Bonchev–Trinajstić information content (AvgIpc) is 3.38. The van der Waals surface area contributed by atoms with Gasteiger partial charge in [0.25, 0.3) is 0 Å². The van der Waals surface area contributed by atoms with Gasteiger partial charge in [-0.3, -0.25) is 14.4 Å². The first-order valence-corrected chi connectivity index (χ1v) is 31.6. The minimum atomic E-state index is -0.785. The van der Waals surface area contributed by atoms with E-state index in [1.807, 2.05) is 0 Å². The summed E-state index contributed by atoms with van der Waals surface area (Å²) in [6.07, 6.45) is 75.6. The summed E-state index contributed by atoms with van der Waals surface area (Å²) in [5.41, 5.74) is 0. The molecule has 0 aliphatic carbocycles. The van der Waals surface area contributed by atoms with Crippen LogP contribution in [-0.2, 0) is 28.6 Å². The van der Waals surface area contributed by atoms with E-state index < -0.39 is 6.10 Å². The lowest BCUT2D eigenvalue weighted by atomic mass is 10.0. The van der Waals surface area contributed by atoms with Crippen molar-refractivity contribution in [3.05, 3.63) is 48.6 Å². The van der Waals surface area contributed by atoms with Crippen LogP contribution in [-0.4, -0.2) is 37.2 Å². The second-order valence-electron chi connectivity index (χ2n) is 21.3. The van der Waals surface area contributed by atoms with E-state index in [4.69, 9.17) is 14.2 Å². The quantitative estimate of drug-likeness (QED) is 0.0261. The van der Waals surface area contributed by atoms with E-state index in [1.54, 1.807) is 0 Å². The Morgan fingerprint density at radius 3 is 0.861 bits per heavy atom. The van der Waals surface area contributed by atoms with Crippen LogP contribution in [0.5, 0.6) is 0 Å². The molecule has 1 atom stereocenters. The van der Waals surface area contributed by atoms with Crippen molar-refractivity contribution in [2.24, 2.45) is 0 Å². The molecule has 72 heavy (non-hydrogen) atoms. The number of hydrogen-bond donors (Lipinski definition) is 0. The van der Waals surface area contributed by atoms with E-state index in [0.717, 1.165) is 109 Å². The van der Waals surface area contributed by atoms with Crippen LogP contribution in [0.4, 0.5) is 0 Å². The fourth-order valence-electron chi connectivity index (χ4n) is 9.26. The number of unbranched alkanes of at least 4 members (excludes halogenated alkanes) is 39. The first-order chi connectivity index (χ1) is 35.5. The van der Waals surface area contributed by atoms with Crippen molar-refractivity contribution < 1.29 is 28.6 Å². The third-order valence-electron chi connectivity index (χ3n) is 14.0. The fourth-order valence-corrected chi connectivity index (χ4v) is 9.26. The van der Waals surface area contributed by atoms with E-state index >= 15 is 0 Å². The topological polar surface area (TPSA) is 78.9 Å². The average molecular weight is 1010 g/mol. The lowest BCUT2D eigenvalue weighted by Gasteiger charge is -2.18. The molecule has 0 fully saturated rings. The Kier molecular flexibility index (Phi) is 58.7. The molecule has 420 valence electrons. The molecule has 6 nitrogen and oxygen atoms in total. The Morgan fingerprint density at radius 2 is 0.542 bits per heavy atom. The Morgan fingerprint density at radius 1 is 0.278 bits per heavy atom. The van der Waals surface area contributed by atoms with Crippen molar-refractivity contribution in [1.82, 2.24) is 0 Å². The first-order valence-electron chi connectivity index (χ1n) is 31.6. The van der Waals surface area contributed by atoms with Gasteiger partial charge in [-0.15, -0.1) is 0 Å². The summed E-state index contributed by atoms with van der Waals surface area (Å²) in [6.45, 7) is 6.56. The molecule has 0 bridgehead atoms. The van der Waals surface area contributed by atoms with Crippen LogP contribution in [0.15, 0.2) is 48.6 Å². The molecule has 6 heteroatoms. The smallest absolute Gasteiger partial charge is 0.306 e. The summed E-state index contributed by atoms with van der Waals surface area (Å²) in [7, 11) is 0. The molecule has 0 aromatic heterocycles. The van der Waals surface area contributed by atoms with Gasteiger partial charge in [-0.1, -0.05) is 294 Å². The largest absolute Gasteiger partial charge is 0.462 e. The summed E-state index contributed by atoms with van der Waals surface area (Å²) >= 11 is 0. The number of hydrogen-bond acceptors (Lipinski definition) is 6. The molecule has 0 aliphatic rings. The number of rotatable bonds is 58. The van der Waals surface area contributed by atoms with Gasteiger partial charge in [0.05, 0.1) is 0 Å². The minimum absolute atomic E-state index is 0.0805. The Balaban J connectivity index is 4.18. The van der Waals surface area contributed by atoms with Gasteiger partial charge in [-0.2, -0.15) is 0 Å². The van der Waals surface area contributed by atoms with Crippen LogP contribution in [0.3, 0.4) is 0 Å². The monoisotopic (exact) mass is 1010 g/mol. The van der Waals surface area contributed by atoms with Gasteiger partial charge in [0, 0.05) is 19.3 Å². The Hall–Kier alpha value is -2.63. The second kappa shape index (κ2) is 60.9. The zero-order chi connectivity index (χ0) is 52.2. The first kappa shape index (κ1) is 69.4. The van der Waals surface area contributed by atoms with Gasteiger partial charge >= 0.3 is 17.9 Å². The molecule has 0 radical (unpaired) electrons. The maximum Gasteiger partial charge on any atom is 0.306 e. The molecule has 0 spiro atoms. The van der Waals surface area contributed by atoms with Gasteiger partial charge in [0.15, 0.2) is 6.10 Å². The van der Waals surface area contributed by atoms with Crippen molar-refractivity contribution >= 4 is 17.9 Å². The van der Waals surface area contributed by atoms with Crippen LogP contribution in [0, 0.1) is 0 Å². The molecule has 0 aromatic rings. The standard InChI is InChI=1S/C66H120O6/c1-4-7-10-13-16-19-22-25-27-28-29-30-31-32-33-34-35-36-37-38-39-42-44-47-50-53-56-59-65(68)71-62-63(61-70-64(67)58-55-52-49-46-43-40-24-21-18-15-12-9-6-3)72-66(69)60-57-54-51-48-45-41-26-23-20-17-14-11-8-5-2/h12,14-15,17,21,23-24,26,63H,4-11,13,16,18-20,22,25,27-62H2,1-3H3/b15-12-,17-14-,24-21-,26-23-. The van der Waals surface area contributed by atoms with Crippen LogP contribution in [0.1, 0.15) is 335 Å². The highest BCUT2D eigenvalue weighted by atomic mass is 16.6. The van der Waals surface area contributed by atoms with E-state index in [2.05, 4.69) is 69.4 Å². The van der Waals surface area contributed by atoms with E-state index in [0.29, 0.717) is 19.3 Å². The van der Waals surface area contributed by atoms with Gasteiger partial charge in [0.2, 0.25) is 0 Å². The highest BCUT2D eigenvalue weighted by molar-refractivity contribution is 5.71. The molecule has 1 unspecified atom stereocenters. The molecule has 0 aromatic carbocycles. The summed E-state index contributed by atoms with van der Waals surface area (Å²) < 4.78 is 16.9. The number of allylic oxidation sites excluding steroid dienone is 8. The predicted molar refractivity (Wildman–Crippen MR) is 312 cm³/mol. The van der Waals surface area contributed by atoms with Crippen LogP contribution in [0.2, 0.25) is 0 Å². The number of carbonyl (C=O) groups is 3. The molecule has 0 heterocycles. The zero-order valence-electron chi connectivity index (χ0n) is 48.2. The van der Waals surface area contributed by atoms with E-state index in [9.17, 15) is 14.4 Å². The van der Waals surface area contributed by atoms with Crippen molar-refractivity contribution in [2.75, 3.05) is 13.2 Å². The number of esters is 3. The normalized spacial score (nSPS) is 12.3. The van der Waals surface area contributed by atoms with Crippen molar-refractivity contribution in [1.29, 1.82) is 0 Å². The lowest BCUT2D eigenvalue weighted by molar-refractivity contribution is -0.167. The third-order valence-corrected chi connectivity index (χ3v) is 14.0. The molecular formula is C66H120O6. The maximum atomic E-state index is 12.8. The van der Waals surface area contributed by atoms with Crippen LogP contribution < -0.4 is 0 Å².